The largest absolute Gasteiger partial charge is 0.494 e. The van der Waals surface area contributed by atoms with Gasteiger partial charge in [-0.05, 0) is 50.2 Å². The molecular weight excluding hydrogens is 352 g/mol. The zero-order valence-electron chi connectivity index (χ0n) is 15.2. The third kappa shape index (κ3) is 4.81. The SMILES string of the molecule is CCOc1ccc(C(=O)[C@@H](C)OC(=O)c2ccc(NC)c([N+](=O)[O-])c2)cc1. The number of nitrogens with zero attached hydrogens (tertiary/aromatic N) is 1. The molecule has 0 aromatic heterocycles. The minimum Gasteiger partial charge on any atom is -0.494 e. The summed E-state index contributed by atoms with van der Waals surface area (Å²) >= 11 is 0. The van der Waals surface area contributed by atoms with Crippen LogP contribution in [0.2, 0.25) is 0 Å². The minimum atomic E-state index is -1.04. The molecule has 2 aromatic carbocycles. The van der Waals surface area contributed by atoms with E-state index < -0.39 is 17.0 Å². The van der Waals surface area contributed by atoms with E-state index in [1.807, 2.05) is 6.92 Å². The summed E-state index contributed by atoms with van der Waals surface area (Å²) in [5, 5.41) is 13.8. The number of esters is 1. The van der Waals surface area contributed by atoms with E-state index in [4.69, 9.17) is 9.47 Å². The van der Waals surface area contributed by atoms with Crippen molar-refractivity contribution in [2.45, 2.75) is 20.0 Å². The first-order valence-corrected chi connectivity index (χ1v) is 8.31. The molecule has 1 N–H and O–H groups in total. The average molecular weight is 372 g/mol. The molecule has 0 aliphatic rings. The lowest BCUT2D eigenvalue weighted by Gasteiger charge is -2.13. The number of benzene rings is 2. The third-order valence-corrected chi connectivity index (χ3v) is 3.80. The van der Waals surface area contributed by atoms with Gasteiger partial charge in [-0.15, -0.1) is 0 Å². The van der Waals surface area contributed by atoms with Crippen LogP contribution in [0.3, 0.4) is 0 Å². The second-order valence-electron chi connectivity index (χ2n) is 5.61. The van der Waals surface area contributed by atoms with Crippen LogP contribution < -0.4 is 10.1 Å². The van der Waals surface area contributed by atoms with Gasteiger partial charge in [0, 0.05) is 18.7 Å². The summed E-state index contributed by atoms with van der Waals surface area (Å²) in [5.41, 5.74) is 0.384. The zero-order valence-corrected chi connectivity index (χ0v) is 15.2. The monoisotopic (exact) mass is 372 g/mol. The van der Waals surface area contributed by atoms with Gasteiger partial charge in [-0.25, -0.2) is 4.79 Å². The maximum absolute atomic E-state index is 12.4. The summed E-state index contributed by atoms with van der Waals surface area (Å²) in [6.45, 7) is 3.82. The number of ether oxygens (including phenoxy) is 2. The Bertz CT molecular complexity index is 848. The number of hydrogen-bond acceptors (Lipinski definition) is 7. The van der Waals surface area contributed by atoms with Gasteiger partial charge in [0.2, 0.25) is 5.78 Å². The number of rotatable bonds is 8. The Morgan fingerprint density at radius 3 is 2.33 bits per heavy atom. The molecule has 0 aliphatic heterocycles. The molecular formula is C19H20N2O6. The molecule has 27 heavy (non-hydrogen) atoms. The standard InChI is InChI=1S/C19H20N2O6/c1-4-26-15-8-5-13(6-9-15)18(22)12(2)27-19(23)14-7-10-16(20-3)17(11-14)21(24)25/h5-12,20H,4H2,1-3H3/t12-/m1/s1. The van der Waals surface area contributed by atoms with E-state index in [0.717, 1.165) is 6.07 Å². The van der Waals surface area contributed by atoms with Crippen LogP contribution in [0.1, 0.15) is 34.6 Å². The molecule has 0 radical (unpaired) electrons. The lowest BCUT2D eigenvalue weighted by molar-refractivity contribution is -0.384. The van der Waals surface area contributed by atoms with Crippen molar-refractivity contribution in [3.63, 3.8) is 0 Å². The van der Waals surface area contributed by atoms with E-state index in [-0.39, 0.29) is 22.7 Å². The van der Waals surface area contributed by atoms with E-state index in [1.54, 1.807) is 24.3 Å². The number of anilines is 1. The highest BCUT2D eigenvalue weighted by Gasteiger charge is 2.23. The van der Waals surface area contributed by atoms with Crippen LogP contribution in [0.25, 0.3) is 0 Å². The van der Waals surface area contributed by atoms with Crippen molar-refractivity contribution in [2.24, 2.45) is 0 Å². The molecule has 8 nitrogen and oxygen atoms in total. The average Bonchev–Trinajstić information content (AvgIpc) is 2.67. The summed E-state index contributed by atoms with van der Waals surface area (Å²) in [5.74, 6) is -0.559. The van der Waals surface area contributed by atoms with E-state index in [2.05, 4.69) is 5.32 Å². The topological polar surface area (TPSA) is 108 Å². The molecule has 0 aliphatic carbocycles. The molecule has 0 bridgehead atoms. The van der Waals surface area contributed by atoms with Gasteiger partial charge in [-0.1, -0.05) is 0 Å². The van der Waals surface area contributed by atoms with Gasteiger partial charge in [-0.3, -0.25) is 14.9 Å². The minimum absolute atomic E-state index is 0.00737. The fourth-order valence-corrected chi connectivity index (χ4v) is 2.42. The lowest BCUT2D eigenvalue weighted by Crippen LogP contribution is -2.24. The predicted molar refractivity (Wildman–Crippen MR) is 99.5 cm³/mol. The quantitative estimate of drug-likeness (QED) is 0.327. The molecule has 2 aromatic rings. The van der Waals surface area contributed by atoms with Crippen LogP contribution in [0, 0.1) is 10.1 Å². The first-order valence-electron chi connectivity index (χ1n) is 8.31. The van der Waals surface area contributed by atoms with E-state index >= 15 is 0 Å². The first kappa shape index (κ1) is 19.9. The number of carbonyl (C=O) groups excluding carboxylic acids is 2. The normalized spacial score (nSPS) is 11.4. The van der Waals surface area contributed by atoms with Gasteiger partial charge in [0.1, 0.15) is 11.4 Å². The summed E-state index contributed by atoms with van der Waals surface area (Å²) in [7, 11) is 1.54. The number of nitro benzene ring substituents is 1. The maximum atomic E-state index is 12.4. The number of carbonyl (C=O) groups is 2. The molecule has 0 unspecified atom stereocenters. The van der Waals surface area contributed by atoms with Crippen molar-refractivity contribution in [1.29, 1.82) is 0 Å². The molecule has 0 saturated heterocycles. The van der Waals surface area contributed by atoms with Crippen molar-refractivity contribution in [3.8, 4) is 5.75 Å². The van der Waals surface area contributed by atoms with Crippen LogP contribution in [-0.4, -0.2) is 36.4 Å². The highest BCUT2D eigenvalue weighted by atomic mass is 16.6. The molecule has 0 heterocycles. The second-order valence-corrected chi connectivity index (χ2v) is 5.61. The van der Waals surface area contributed by atoms with Gasteiger partial charge in [0.25, 0.3) is 5.69 Å². The highest BCUT2D eigenvalue weighted by Crippen LogP contribution is 2.25. The summed E-state index contributed by atoms with van der Waals surface area (Å²) in [4.78, 5) is 35.2. The summed E-state index contributed by atoms with van der Waals surface area (Å²) in [6.07, 6.45) is -1.04. The zero-order chi connectivity index (χ0) is 20.0. The van der Waals surface area contributed by atoms with Gasteiger partial charge in [0.05, 0.1) is 17.1 Å². The fraction of sp³-hybridized carbons (Fsp3) is 0.263. The van der Waals surface area contributed by atoms with Gasteiger partial charge in [-0.2, -0.15) is 0 Å². The van der Waals surface area contributed by atoms with E-state index in [9.17, 15) is 19.7 Å². The van der Waals surface area contributed by atoms with Crippen molar-refractivity contribution < 1.29 is 24.0 Å². The Labute approximate surface area is 156 Å². The number of Topliss-reactive ketones (excluding diaryl/α,β-unsaturated/α-hetero) is 1. The van der Waals surface area contributed by atoms with Crippen LogP contribution in [-0.2, 0) is 4.74 Å². The van der Waals surface area contributed by atoms with Crippen molar-refractivity contribution in [1.82, 2.24) is 0 Å². The van der Waals surface area contributed by atoms with Crippen molar-refractivity contribution in [3.05, 3.63) is 63.7 Å². The molecule has 142 valence electrons. The maximum Gasteiger partial charge on any atom is 0.339 e. The molecule has 0 amide bonds. The second kappa shape index (κ2) is 8.79. The molecule has 0 saturated carbocycles. The van der Waals surface area contributed by atoms with Crippen LogP contribution in [0.15, 0.2) is 42.5 Å². The Balaban J connectivity index is 2.11. The Hall–Kier alpha value is -3.42. The van der Waals surface area contributed by atoms with Gasteiger partial charge >= 0.3 is 5.97 Å². The molecule has 2 rings (SSSR count). The third-order valence-electron chi connectivity index (χ3n) is 3.80. The summed E-state index contributed by atoms with van der Waals surface area (Å²) < 4.78 is 10.5. The molecule has 0 spiro atoms. The number of hydrogen-bond donors (Lipinski definition) is 1. The fourth-order valence-electron chi connectivity index (χ4n) is 2.42. The van der Waals surface area contributed by atoms with E-state index in [0.29, 0.717) is 17.9 Å². The van der Waals surface area contributed by atoms with Gasteiger partial charge in [0.15, 0.2) is 6.10 Å². The van der Waals surface area contributed by atoms with Crippen LogP contribution >= 0.6 is 0 Å². The number of nitro groups is 1. The molecule has 8 heteroatoms. The highest BCUT2D eigenvalue weighted by molar-refractivity contribution is 6.01. The van der Waals surface area contributed by atoms with Crippen LogP contribution in [0.5, 0.6) is 5.75 Å². The first-order chi connectivity index (χ1) is 12.9. The summed E-state index contributed by atoms with van der Waals surface area (Å²) in [6, 6.07) is 10.4. The number of nitrogens with one attached hydrogen (secondary N) is 1. The smallest absolute Gasteiger partial charge is 0.339 e. The Morgan fingerprint density at radius 2 is 1.78 bits per heavy atom. The van der Waals surface area contributed by atoms with E-state index in [1.165, 1.54) is 26.1 Å². The number of ketones is 1. The van der Waals surface area contributed by atoms with Gasteiger partial charge < -0.3 is 14.8 Å². The molecule has 1 atom stereocenters. The van der Waals surface area contributed by atoms with Crippen LogP contribution in [0.4, 0.5) is 11.4 Å². The lowest BCUT2D eigenvalue weighted by atomic mass is 10.1. The predicted octanol–water partition coefficient (Wildman–Crippen LogP) is 3.46. The Kier molecular flexibility index (Phi) is 6.48. The van der Waals surface area contributed by atoms with Crippen molar-refractivity contribution in [2.75, 3.05) is 19.0 Å². The Morgan fingerprint density at radius 1 is 1.15 bits per heavy atom. The van der Waals surface area contributed by atoms with Crippen molar-refractivity contribution >= 4 is 23.1 Å². The molecule has 0 fully saturated rings.